The molecule has 0 bridgehead atoms. The molecule has 1 aliphatic carbocycles. The van der Waals surface area contributed by atoms with Crippen molar-refractivity contribution in [2.24, 2.45) is 5.92 Å². The van der Waals surface area contributed by atoms with Gasteiger partial charge in [0.2, 0.25) is 0 Å². The Kier molecular flexibility index (Phi) is 10.4. The zero-order chi connectivity index (χ0) is 37.7. The number of fused-ring (bicyclic) bond motifs is 7. The van der Waals surface area contributed by atoms with Gasteiger partial charge in [-0.25, -0.2) is 0 Å². The Morgan fingerprint density at radius 2 is 1.52 bits per heavy atom. The minimum Gasteiger partial charge on any atom is -0.476 e. The van der Waals surface area contributed by atoms with E-state index >= 15 is 0 Å². The number of para-hydroxylation sites is 4. The topological polar surface area (TPSA) is 43.9 Å². The van der Waals surface area contributed by atoms with Gasteiger partial charge in [-0.15, -0.1) is 17.7 Å². The van der Waals surface area contributed by atoms with Gasteiger partial charge < -0.3 is 8.98 Å². The predicted molar refractivity (Wildman–Crippen MR) is 231 cm³/mol. The van der Waals surface area contributed by atoms with E-state index in [9.17, 15) is 0 Å². The maximum atomic E-state index is 6.08. The van der Waals surface area contributed by atoms with Crippen molar-refractivity contribution in [3.05, 3.63) is 168 Å². The van der Waals surface area contributed by atoms with Gasteiger partial charge in [-0.2, -0.15) is 0 Å². The van der Waals surface area contributed by atoms with Crippen molar-refractivity contribution in [3.8, 4) is 39.5 Å². The van der Waals surface area contributed by atoms with Gasteiger partial charge in [0, 0.05) is 25.8 Å². The molecule has 0 amide bonds. The molecule has 6 aromatic carbocycles. The maximum Gasteiger partial charge on any atom is 0.123 e. The molecular formula is C50H43GeIrN3O-2. The molecule has 3 aromatic heterocycles. The molecule has 0 saturated heterocycles. The summed E-state index contributed by atoms with van der Waals surface area (Å²) in [5.74, 6) is 8.89. The van der Waals surface area contributed by atoms with Crippen LogP contribution in [0.1, 0.15) is 30.5 Å². The van der Waals surface area contributed by atoms with Gasteiger partial charge in [-0.1, -0.05) is 60.0 Å². The molecule has 0 N–H and O–H groups in total. The van der Waals surface area contributed by atoms with Crippen LogP contribution < -0.4 is 4.40 Å². The summed E-state index contributed by atoms with van der Waals surface area (Å²) in [7, 11) is 0. The molecule has 3 heterocycles. The molecule has 0 unspecified atom stereocenters. The number of imidazole rings is 1. The van der Waals surface area contributed by atoms with Crippen molar-refractivity contribution in [2.75, 3.05) is 0 Å². The average Bonchev–Trinajstić information content (AvgIpc) is 3.89. The van der Waals surface area contributed by atoms with E-state index in [1.165, 1.54) is 33.4 Å². The first-order valence-corrected chi connectivity index (χ1v) is 26.5. The van der Waals surface area contributed by atoms with Crippen LogP contribution >= 0.6 is 0 Å². The van der Waals surface area contributed by atoms with Gasteiger partial charge in [-0.3, -0.25) is 4.98 Å². The van der Waals surface area contributed by atoms with Gasteiger partial charge >= 0.3 is 166 Å². The fourth-order valence-electron chi connectivity index (χ4n) is 8.08. The smallest absolute Gasteiger partial charge is 0.123 e. The second-order valence-electron chi connectivity index (χ2n) is 16.0. The van der Waals surface area contributed by atoms with Crippen LogP contribution in [-0.2, 0) is 32.9 Å². The molecule has 9 aromatic rings. The van der Waals surface area contributed by atoms with Crippen molar-refractivity contribution >= 4 is 50.6 Å². The number of hydrogen-bond donors (Lipinski definition) is 0. The standard InChI is InChI=1S/C25H28GeN.C25H15N2O.Ir/c1-17(2)13-19-15-25(27-16-24(19)26(3,4)5)22-12-8-11-21-20-10-7-6-9-18(20)14-23(21)22;1-2-8-18(9-3-1)27-22-12-6-5-11-21(22)26-25(27)17-14-15-20-19-10-4-7-13-23(19)28-24(20)16-17;/h6-11,15-17H,13-14H2,1-5H3;1-13,15-16H;/q2*-1;. The summed E-state index contributed by atoms with van der Waals surface area (Å²) in [5.41, 5.74) is 15.0. The van der Waals surface area contributed by atoms with E-state index < -0.39 is 13.3 Å². The molecular weight excluding hydrogens is 923 g/mol. The summed E-state index contributed by atoms with van der Waals surface area (Å²) in [5, 5.41) is 2.18. The summed E-state index contributed by atoms with van der Waals surface area (Å²) in [6.07, 6.45) is 4.29. The summed E-state index contributed by atoms with van der Waals surface area (Å²) in [4.78, 5) is 9.85. The van der Waals surface area contributed by atoms with Crippen LogP contribution in [0.5, 0.6) is 0 Å². The third-order valence-corrected chi connectivity index (χ3v) is 14.9. The largest absolute Gasteiger partial charge is 0.476 e. The van der Waals surface area contributed by atoms with Crippen molar-refractivity contribution in [3.63, 3.8) is 0 Å². The van der Waals surface area contributed by atoms with Crippen LogP contribution in [0.4, 0.5) is 0 Å². The van der Waals surface area contributed by atoms with E-state index in [4.69, 9.17) is 14.4 Å². The maximum absolute atomic E-state index is 6.08. The van der Waals surface area contributed by atoms with E-state index in [0.717, 1.165) is 68.6 Å². The average molecular weight is 967 g/mol. The molecule has 6 heteroatoms. The number of hydrogen-bond acceptors (Lipinski definition) is 3. The van der Waals surface area contributed by atoms with Gasteiger partial charge in [0.05, 0.1) is 22.4 Å². The first-order valence-electron chi connectivity index (χ1n) is 19.2. The molecule has 56 heavy (non-hydrogen) atoms. The summed E-state index contributed by atoms with van der Waals surface area (Å²) < 4.78 is 9.80. The molecule has 10 rings (SSSR count). The Morgan fingerprint density at radius 3 is 2.34 bits per heavy atom. The minimum atomic E-state index is -1.95. The van der Waals surface area contributed by atoms with E-state index in [1.807, 2.05) is 66.7 Å². The summed E-state index contributed by atoms with van der Waals surface area (Å²) >= 11 is -1.95. The van der Waals surface area contributed by atoms with E-state index in [-0.39, 0.29) is 20.1 Å². The van der Waals surface area contributed by atoms with Gasteiger partial charge in [0.1, 0.15) is 5.58 Å². The van der Waals surface area contributed by atoms with Crippen LogP contribution in [0.25, 0.3) is 72.4 Å². The fourth-order valence-corrected chi connectivity index (χ4v) is 11.4. The predicted octanol–water partition coefficient (Wildman–Crippen LogP) is 12.3. The number of aromatic nitrogens is 3. The normalized spacial score (nSPS) is 12.0. The summed E-state index contributed by atoms with van der Waals surface area (Å²) in [6, 6.07) is 52.9. The molecule has 4 nitrogen and oxygen atoms in total. The fraction of sp³-hybridized carbons (Fsp3) is 0.160. The van der Waals surface area contributed by atoms with E-state index in [1.54, 1.807) is 4.40 Å². The van der Waals surface area contributed by atoms with Crippen LogP contribution in [0.2, 0.25) is 17.3 Å². The van der Waals surface area contributed by atoms with Crippen molar-refractivity contribution in [1.29, 1.82) is 0 Å². The molecule has 0 aliphatic heterocycles. The second-order valence-corrected chi connectivity index (χ2v) is 26.5. The van der Waals surface area contributed by atoms with E-state index in [0.29, 0.717) is 5.92 Å². The third kappa shape index (κ3) is 7.09. The number of furan rings is 1. The van der Waals surface area contributed by atoms with Crippen LogP contribution in [0.3, 0.4) is 0 Å². The molecule has 1 radical (unpaired) electrons. The quantitative estimate of drug-likeness (QED) is 0.123. The van der Waals surface area contributed by atoms with Crippen LogP contribution in [0.15, 0.2) is 144 Å². The van der Waals surface area contributed by atoms with E-state index in [2.05, 4.69) is 121 Å². The van der Waals surface area contributed by atoms with Crippen molar-refractivity contribution in [1.82, 2.24) is 14.5 Å². The molecule has 0 fully saturated rings. The van der Waals surface area contributed by atoms with Gasteiger partial charge in [-0.05, 0) is 35.7 Å². The van der Waals surface area contributed by atoms with Gasteiger partial charge in [0.25, 0.3) is 0 Å². The molecule has 279 valence electrons. The number of rotatable bonds is 6. The molecule has 0 saturated carbocycles. The van der Waals surface area contributed by atoms with Crippen molar-refractivity contribution < 1.29 is 24.5 Å². The summed E-state index contributed by atoms with van der Waals surface area (Å²) in [6.45, 7) is 4.62. The van der Waals surface area contributed by atoms with Crippen molar-refractivity contribution in [2.45, 2.75) is 44.0 Å². The van der Waals surface area contributed by atoms with Crippen LogP contribution in [0, 0.1) is 18.1 Å². The van der Waals surface area contributed by atoms with Gasteiger partial charge in [0.15, 0.2) is 0 Å². The Morgan fingerprint density at radius 1 is 0.768 bits per heavy atom. The SMILES string of the molecule is CC(C)Cc1cc(-c2[c-]ccc3c2Cc2ccccc2-3)nc[c]1[Ge]([CH3])([CH3])[CH3].[Ir].[c-]1cc2c(cc1-c1nc3ccccc3n1-c1ccccc1)oc1ccccc12. The second kappa shape index (κ2) is 15.5. The first kappa shape index (κ1) is 37.8. The third-order valence-electron chi connectivity index (χ3n) is 10.6. The Balaban J connectivity index is 0.000000155. The molecule has 0 atom stereocenters. The zero-order valence-electron chi connectivity index (χ0n) is 32.4. The number of nitrogens with zero attached hydrogens (tertiary/aromatic N) is 3. The monoisotopic (exact) mass is 968 g/mol. The van der Waals surface area contributed by atoms with Crippen LogP contribution in [-0.4, -0.2) is 27.8 Å². The number of benzene rings is 6. The molecule has 0 spiro atoms. The zero-order valence-corrected chi connectivity index (χ0v) is 36.8. The Bertz CT molecular complexity index is 2850. The Hall–Kier alpha value is -5.07. The molecule has 1 aliphatic rings. The minimum absolute atomic E-state index is 0. The number of pyridine rings is 1. The first-order chi connectivity index (χ1) is 26.7. The Labute approximate surface area is 345 Å².